The Morgan fingerprint density at radius 1 is 1.17 bits per heavy atom. The number of aryl methyl sites for hydroxylation is 1. The highest BCUT2D eigenvalue weighted by atomic mass is 16.5. The summed E-state index contributed by atoms with van der Waals surface area (Å²) in [5, 5.41) is 1.28. The summed E-state index contributed by atoms with van der Waals surface area (Å²) in [7, 11) is 0. The predicted molar refractivity (Wildman–Crippen MR) is 69.6 cm³/mol. The van der Waals surface area contributed by atoms with Gasteiger partial charge in [-0.2, -0.15) is 0 Å². The van der Waals surface area contributed by atoms with Gasteiger partial charge in [0.25, 0.3) is 0 Å². The summed E-state index contributed by atoms with van der Waals surface area (Å²) in [4.78, 5) is 11.8. The van der Waals surface area contributed by atoms with Gasteiger partial charge in [-0.05, 0) is 32.4 Å². The van der Waals surface area contributed by atoms with E-state index in [0.717, 1.165) is 10.9 Å². The average molecular weight is 248 g/mol. The number of hydrogen-bond donors (Lipinski definition) is 0. The topological polar surface area (TPSA) is 48.7 Å². The molecule has 0 fully saturated rings. The third-order valence-electron chi connectivity index (χ3n) is 2.64. The third kappa shape index (κ3) is 2.18. The lowest BCUT2D eigenvalue weighted by Gasteiger charge is -2.11. The summed E-state index contributed by atoms with van der Waals surface area (Å²) in [6.07, 6.45) is 1.45. The van der Waals surface area contributed by atoms with Crippen LogP contribution in [0.5, 0.6) is 11.5 Å². The second-order valence-electron chi connectivity index (χ2n) is 3.92. The van der Waals surface area contributed by atoms with Crippen molar-refractivity contribution < 1.29 is 13.9 Å². The molecule has 18 heavy (non-hydrogen) atoms. The molecule has 0 aliphatic carbocycles. The molecule has 4 heteroatoms. The smallest absolute Gasteiger partial charge is 0.343 e. The Morgan fingerprint density at radius 2 is 1.89 bits per heavy atom. The van der Waals surface area contributed by atoms with Crippen LogP contribution in [0, 0.1) is 6.92 Å². The standard InChI is InChI=1S/C14H16O4/c1-4-16-10-6-11-13(12(7-10)17-5-2)9(3)8-18-14(11)15/h6-8H,4-5H2,1-3H3. The maximum absolute atomic E-state index is 11.8. The van der Waals surface area contributed by atoms with E-state index in [4.69, 9.17) is 13.9 Å². The lowest BCUT2D eigenvalue weighted by atomic mass is 10.1. The minimum Gasteiger partial charge on any atom is -0.494 e. The molecule has 0 radical (unpaired) electrons. The summed E-state index contributed by atoms with van der Waals surface area (Å²) in [5.41, 5.74) is 0.495. The van der Waals surface area contributed by atoms with Crippen LogP contribution in [0.15, 0.2) is 27.6 Å². The van der Waals surface area contributed by atoms with Gasteiger partial charge in [0.2, 0.25) is 0 Å². The molecule has 2 rings (SSSR count). The first-order valence-electron chi connectivity index (χ1n) is 5.99. The van der Waals surface area contributed by atoms with Gasteiger partial charge in [0.15, 0.2) is 0 Å². The Labute approximate surface area is 105 Å². The Kier molecular flexibility index (Phi) is 3.55. The van der Waals surface area contributed by atoms with Gasteiger partial charge >= 0.3 is 5.63 Å². The number of ether oxygens (including phenoxy) is 2. The number of rotatable bonds is 4. The van der Waals surface area contributed by atoms with E-state index in [0.29, 0.717) is 30.1 Å². The zero-order valence-electron chi connectivity index (χ0n) is 10.8. The molecule has 0 N–H and O–H groups in total. The quantitative estimate of drug-likeness (QED) is 0.834. The van der Waals surface area contributed by atoms with Gasteiger partial charge < -0.3 is 13.9 Å². The van der Waals surface area contributed by atoms with Crippen LogP contribution in [0.4, 0.5) is 0 Å². The maximum atomic E-state index is 11.8. The molecule has 0 amide bonds. The van der Waals surface area contributed by atoms with E-state index in [1.54, 1.807) is 6.07 Å². The van der Waals surface area contributed by atoms with Gasteiger partial charge in [0.05, 0.1) is 24.9 Å². The largest absolute Gasteiger partial charge is 0.494 e. The molecule has 0 atom stereocenters. The van der Waals surface area contributed by atoms with Crippen LogP contribution in [0.1, 0.15) is 19.4 Å². The first-order valence-corrected chi connectivity index (χ1v) is 5.99. The molecule has 96 valence electrons. The highest BCUT2D eigenvalue weighted by molar-refractivity contribution is 5.91. The molecule has 1 aromatic carbocycles. The van der Waals surface area contributed by atoms with Crippen molar-refractivity contribution in [2.45, 2.75) is 20.8 Å². The second-order valence-corrected chi connectivity index (χ2v) is 3.92. The zero-order chi connectivity index (χ0) is 13.1. The van der Waals surface area contributed by atoms with Crippen LogP contribution in [0.25, 0.3) is 10.8 Å². The number of hydrogen-bond acceptors (Lipinski definition) is 4. The summed E-state index contributed by atoms with van der Waals surface area (Å²) in [5.74, 6) is 1.27. The molecule has 2 aromatic rings. The summed E-state index contributed by atoms with van der Waals surface area (Å²) in [6.45, 7) is 6.75. The van der Waals surface area contributed by atoms with Gasteiger partial charge in [-0.3, -0.25) is 0 Å². The minimum atomic E-state index is -0.377. The number of benzene rings is 1. The van der Waals surface area contributed by atoms with E-state index in [9.17, 15) is 4.79 Å². The molecule has 0 saturated carbocycles. The van der Waals surface area contributed by atoms with Crippen LogP contribution in [-0.2, 0) is 0 Å². The SMILES string of the molecule is CCOc1cc(OCC)c2c(C)coc(=O)c2c1. The van der Waals surface area contributed by atoms with E-state index in [2.05, 4.69) is 0 Å². The molecular formula is C14H16O4. The second kappa shape index (κ2) is 5.12. The molecule has 1 aromatic heterocycles. The molecule has 0 aliphatic heterocycles. The molecular weight excluding hydrogens is 232 g/mol. The van der Waals surface area contributed by atoms with E-state index >= 15 is 0 Å². The van der Waals surface area contributed by atoms with Crippen molar-refractivity contribution in [1.29, 1.82) is 0 Å². The molecule has 0 spiro atoms. The fraction of sp³-hybridized carbons (Fsp3) is 0.357. The molecule has 0 aliphatic rings. The summed E-state index contributed by atoms with van der Waals surface area (Å²) in [6, 6.07) is 3.50. The van der Waals surface area contributed by atoms with Gasteiger partial charge in [-0.15, -0.1) is 0 Å². The maximum Gasteiger partial charge on any atom is 0.343 e. The van der Waals surface area contributed by atoms with Crippen molar-refractivity contribution in [2.24, 2.45) is 0 Å². The third-order valence-corrected chi connectivity index (χ3v) is 2.64. The Hall–Kier alpha value is -1.97. The fourth-order valence-electron chi connectivity index (χ4n) is 1.94. The normalized spacial score (nSPS) is 10.6. The van der Waals surface area contributed by atoms with Crippen molar-refractivity contribution in [3.63, 3.8) is 0 Å². The predicted octanol–water partition coefficient (Wildman–Crippen LogP) is 2.90. The van der Waals surface area contributed by atoms with Crippen LogP contribution >= 0.6 is 0 Å². The van der Waals surface area contributed by atoms with Crippen LogP contribution < -0.4 is 15.1 Å². The first kappa shape index (κ1) is 12.5. The van der Waals surface area contributed by atoms with Gasteiger partial charge in [0.1, 0.15) is 11.5 Å². The van der Waals surface area contributed by atoms with E-state index in [1.807, 2.05) is 26.8 Å². The highest BCUT2D eigenvalue weighted by Crippen LogP contribution is 2.31. The van der Waals surface area contributed by atoms with Crippen molar-refractivity contribution in [3.05, 3.63) is 34.4 Å². The van der Waals surface area contributed by atoms with E-state index in [-0.39, 0.29) is 5.63 Å². The lowest BCUT2D eigenvalue weighted by Crippen LogP contribution is -2.04. The van der Waals surface area contributed by atoms with Crippen LogP contribution in [-0.4, -0.2) is 13.2 Å². The molecule has 1 heterocycles. The zero-order valence-corrected chi connectivity index (χ0v) is 10.8. The fourth-order valence-corrected chi connectivity index (χ4v) is 1.94. The van der Waals surface area contributed by atoms with E-state index in [1.165, 1.54) is 6.26 Å². The van der Waals surface area contributed by atoms with Crippen molar-refractivity contribution >= 4 is 10.8 Å². The molecule has 0 saturated heterocycles. The highest BCUT2D eigenvalue weighted by Gasteiger charge is 2.12. The van der Waals surface area contributed by atoms with Gasteiger partial charge in [0, 0.05) is 11.5 Å². The van der Waals surface area contributed by atoms with Crippen LogP contribution in [0.2, 0.25) is 0 Å². The Morgan fingerprint density at radius 3 is 2.56 bits per heavy atom. The Balaban J connectivity index is 2.76. The first-order chi connectivity index (χ1) is 8.67. The van der Waals surface area contributed by atoms with Crippen molar-refractivity contribution in [2.75, 3.05) is 13.2 Å². The molecule has 0 bridgehead atoms. The average Bonchev–Trinajstić information content (AvgIpc) is 2.34. The minimum absolute atomic E-state index is 0.377. The van der Waals surface area contributed by atoms with Gasteiger partial charge in [-0.25, -0.2) is 4.79 Å². The molecule has 4 nitrogen and oxygen atoms in total. The summed E-state index contributed by atoms with van der Waals surface area (Å²) < 4.78 is 16.0. The monoisotopic (exact) mass is 248 g/mol. The van der Waals surface area contributed by atoms with Crippen LogP contribution in [0.3, 0.4) is 0 Å². The summed E-state index contributed by atoms with van der Waals surface area (Å²) >= 11 is 0. The van der Waals surface area contributed by atoms with E-state index < -0.39 is 0 Å². The van der Waals surface area contributed by atoms with Crippen molar-refractivity contribution in [1.82, 2.24) is 0 Å². The lowest BCUT2D eigenvalue weighted by molar-refractivity contribution is 0.325. The van der Waals surface area contributed by atoms with Gasteiger partial charge in [-0.1, -0.05) is 0 Å². The number of fused-ring (bicyclic) bond motifs is 1. The Bertz CT molecular complexity index is 613. The molecule has 0 unspecified atom stereocenters. The van der Waals surface area contributed by atoms with Crippen molar-refractivity contribution in [3.8, 4) is 11.5 Å².